The van der Waals surface area contributed by atoms with Gasteiger partial charge in [-0.25, -0.2) is 0 Å². The fourth-order valence-corrected chi connectivity index (χ4v) is 2.52. The summed E-state index contributed by atoms with van der Waals surface area (Å²) in [5, 5.41) is 0. The van der Waals surface area contributed by atoms with Crippen LogP contribution in [0, 0.1) is 0 Å². The van der Waals surface area contributed by atoms with Gasteiger partial charge in [-0.3, -0.25) is 4.90 Å². The highest BCUT2D eigenvalue weighted by Crippen LogP contribution is 2.18. The van der Waals surface area contributed by atoms with Gasteiger partial charge in [0.15, 0.2) is 0 Å². The lowest BCUT2D eigenvalue weighted by molar-refractivity contribution is 0.000622. The second kappa shape index (κ2) is 17.2. The molecule has 0 saturated carbocycles. The Labute approximate surface area is 137 Å². The fourth-order valence-electron chi connectivity index (χ4n) is 2.52. The Kier molecular flexibility index (Phi) is 17.0. The minimum Gasteiger partial charge on any atom is -0.382 e. The Morgan fingerprint density at radius 2 is 1.41 bits per heavy atom. The molecule has 5 heteroatoms. The van der Waals surface area contributed by atoms with Crippen LogP contribution >= 0.6 is 0 Å². The van der Waals surface area contributed by atoms with Crippen LogP contribution in [0.15, 0.2) is 0 Å². The van der Waals surface area contributed by atoms with Crippen LogP contribution in [0.2, 0.25) is 0 Å². The van der Waals surface area contributed by atoms with Crippen LogP contribution in [0.4, 0.5) is 0 Å². The van der Waals surface area contributed by atoms with Gasteiger partial charge in [0.25, 0.3) is 0 Å². The molecule has 1 rings (SSSR count). The van der Waals surface area contributed by atoms with Crippen molar-refractivity contribution in [2.24, 2.45) is 0 Å². The normalized spacial score (nSPS) is 18.3. The number of methoxy groups -OCH3 is 1. The van der Waals surface area contributed by atoms with Crippen LogP contribution in [-0.4, -0.2) is 77.4 Å². The molecule has 0 bridgehead atoms. The first-order valence-corrected chi connectivity index (χ1v) is 8.84. The lowest BCUT2D eigenvalue weighted by Crippen LogP contribution is -2.32. The summed E-state index contributed by atoms with van der Waals surface area (Å²) in [5.41, 5.74) is 0. The molecule has 0 spiro atoms. The van der Waals surface area contributed by atoms with Crippen LogP contribution in [0.5, 0.6) is 0 Å². The van der Waals surface area contributed by atoms with Crippen LogP contribution in [0.1, 0.15) is 40.0 Å². The van der Waals surface area contributed by atoms with Gasteiger partial charge in [-0.15, -0.1) is 0 Å². The molecule has 1 fully saturated rings. The van der Waals surface area contributed by atoms with Crippen LogP contribution in [-0.2, 0) is 18.9 Å². The molecule has 1 aliphatic heterocycles. The highest BCUT2D eigenvalue weighted by atomic mass is 16.6. The van der Waals surface area contributed by atoms with Crippen molar-refractivity contribution in [3.63, 3.8) is 0 Å². The summed E-state index contributed by atoms with van der Waals surface area (Å²) in [6, 6.07) is 0.777. The predicted molar refractivity (Wildman–Crippen MR) is 90.6 cm³/mol. The van der Waals surface area contributed by atoms with E-state index in [0.717, 1.165) is 19.2 Å². The van der Waals surface area contributed by atoms with Crippen molar-refractivity contribution in [2.75, 3.05) is 66.4 Å². The monoisotopic (exact) mass is 319 g/mol. The summed E-state index contributed by atoms with van der Waals surface area (Å²) in [4.78, 5) is 2.55. The number of rotatable bonds is 13. The average Bonchev–Trinajstić information content (AvgIpc) is 3.02. The zero-order valence-corrected chi connectivity index (χ0v) is 15.1. The first-order chi connectivity index (χ1) is 10.9. The molecule has 1 heterocycles. The highest BCUT2D eigenvalue weighted by Gasteiger charge is 2.21. The molecule has 5 nitrogen and oxygen atoms in total. The van der Waals surface area contributed by atoms with E-state index >= 15 is 0 Å². The lowest BCUT2D eigenvalue weighted by atomic mass is 10.2. The van der Waals surface area contributed by atoms with E-state index in [-0.39, 0.29) is 0 Å². The Morgan fingerprint density at radius 3 is 1.95 bits per heavy atom. The summed E-state index contributed by atoms with van der Waals surface area (Å²) in [6.07, 6.45) is 3.94. The fraction of sp³-hybridized carbons (Fsp3) is 1.00. The third-order valence-corrected chi connectivity index (χ3v) is 3.67. The van der Waals surface area contributed by atoms with Crippen molar-refractivity contribution < 1.29 is 18.9 Å². The summed E-state index contributed by atoms with van der Waals surface area (Å²) in [7, 11) is 1.67. The zero-order chi connectivity index (χ0) is 16.5. The van der Waals surface area contributed by atoms with Gasteiger partial charge >= 0.3 is 0 Å². The molecule has 1 atom stereocenters. The number of nitrogens with zero attached hydrogens (tertiary/aromatic N) is 1. The van der Waals surface area contributed by atoms with Crippen molar-refractivity contribution in [3.05, 3.63) is 0 Å². The van der Waals surface area contributed by atoms with Crippen molar-refractivity contribution >= 4 is 0 Å². The van der Waals surface area contributed by atoms with Gasteiger partial charge in [-0.05, 0) is 25.8 Å². The third kappa shape index (κ3) is 11.4. The van der Waals surface area contributed by atoms with E-state index in [2.05, 4.69) is 11.8 Å². The summed E-state index contributed by atoms with van der Waals surface area (Å²) >= 11 is 0. The van der Waals surface area contributed by atoms with Gasteiger partial charge in [-0.1, -0.05) is 20.8 Å². The van der Waals surface area contributed by atoms with Gasteiger partial charge < -0.3 is 18.9 Å². The van der Waals surface area contributed by atoms with E-state index in [1.165, 1.54) is 25.8 Å². The average molecular weight is 319 g/mol. The zero-order valence-electron chi connectivity index (χ0n) is 15.1. The summed E-state index contributed by atoms with van der Waals surface area (Å²) in [6.45, 7) is 13.2. The topological polar surface area (TPSA) is 40.2 Å². The molecular formula is C17H37NO4. The number of hydrogen-bond acceptors (Lipinski definition) is 5. The third-order valence-electron chi connectivity index (χ3n) is 3.67. The van der Waals surface area contributed by atoms with Crippen molar-refractivity contribution in [3.8, 4) is 0 Å². The van der Waals surface area contributed by atoms with E-state index in [9.17, 15) is 0 Å². The Bertz CT molecular complexity index is 217. The molecule has 0 aromatic heterocycles. The molecule has 0 N–H and O–H groups in total. The standard InChI is InChI=1S/C15H31NO4.C2H6/c1-3-15-5-4-6-16(15)7-8-18-11-12-20-14-13-19-10-9-17-2;1-2/h15H,3-14H2,1-2H3;1-2H3. The van der Waals surface area contributed by atoms with Crippen molar-refractivity contribution in [2.45, 2.75) is 46.1 Å². The maximum absolute atomic E-state index is 5.61. The summed E-state index contributed by atoms with van der Waals surface area (Å²) in [5.74, 6) is 0. The SMILES string of the molecule is CC.CCC1CCCN1CCOCCOCCOCCOC. The Balaban J connectivity index is 0.00000211. The van der Waals surface area contributed by atoms with Gasteiger partial charge in [0, 0.05) is 19.7 Å². The van der Waals surface area contributed by atoms with E-state index in [1.54, 1.807) is 7.11 Å². The molecular weight excluding hydrogens is 282 g/mol. The number of hydrogen-bond donors (Lipinski definition) is 0. The molecule has 0 aromatic rings. The van der Waals surface area contributed by atoms with Gasteiger partial charge in [0.2, 0.25) is 0 Å². The van der Waals surface area contributed by atoms with E-state index in [0.29, 0.717) is 39.6 Å². The molecule has 134 valence electrons. The minimum atomic E-state index is 0.620. The van der Waals surface area contributed by atoms with Crippen molar-refractivity contribution in [1.29, 1.82) is 0 Å². The molecule has 0 amide bonds. The first kappa shape index (κ1) is 21.8. The van der Waals surface area contributed by atoms with Gasteiger partial charge in [-0.2, -0.15) is 0 Å². The number of likely N-dealkylation sites (tertiary alicyclic amines) is 1. The van der Waals surface area contributed by atoms with E-state index < -0.39 is 0 Å². The largest absolute Gasteiger partial charge is 0.382 e. The molecule has 1 saturated heterocycles. The van der Waals surface area contributed by atoms with Gasteiger partial charge in [0.1, 0.15) is 0 Å². The highest BCUT2D eigenvalue weighted by molar-refractivity contribution is 4.77. The Hall–Kier alpha value is -0.200. The Morgan fingerprint density at radius 1 is 0.864 bits per heavy atom. The molecule has 1 aliphatic rings. The maximum atomic E-state index is 5.61. The number of ether oxygens (including phenoxy) is 4. The molecule has 0 aromatic carbocycles. The summed E-state index contributed by atoms with van der Waals surface area (Å²) < 4.78 is 21.2. The molecule has 0 radical (unpaired) electrons. The lowest BCUT2D eigenvalue weighted by Gasteiger charge is -2.22. The van der Waals surface area contributed by atoms with Gasteiger partial charge in [0.05, 0.1) is 46.2 Å². The van der Waals surface area contributed by atoms with Crippen molar-refractivity contribution in [1.82, 2.24) is 4.90 Å². The minimum absolute atomic E-state index is 0.620. The van der Waals surface area contributed by atoms with Crippen LogP contribution < -0.4 is 0 Å². The second-order valence-electron chi connectivity index (χ2n) is 5.07. The van der Waals surface area contributed by atoms with E-state index in [1.807, 2.05) is 13.8 Å². The van der Waals surface area contributed by atoms with E-state index in [4.69, 9.17) is 18.9 Å². The van der Waals surface area contributed by atoms with Crippen LogP contribution in [0.25, 0.3) is 0 Å². The van der Waals surface area contributed by atoms with Crippen LogP contribution in [0.3, 0.4) is 0 Å². The maximum Gasteiger partial charge on any atom is 0.0701 e. The first-order valence-electron chi connectivity index (χ1n) is 8.84. The smallest absolute Gasteiger partial charge is 0.0701 e. The quantitative estimate of drug-likeness (QED) is 0.488. The predicted octanol–water partition coefficient (Wildman–Crippen LogP) is 2.58. The molecule has 22 heavy (non-hydrogen) atoms. The molecule has 1 unspecified atom stereocenters. The molecule has 0 aliphatic carbocycles. The second-order valence-corrected chi connectivity index (χ2v) is 5.07.